The molecule has 0 aromatic carbocycles. The molecule has 2 aliphatic rings. The third kappa shape index (κ3) is 2.77. The number of carbonyl (C=O) groups excluding carboxylic acids is 1. The summed E-state index contributed by atoms with van der Waals surface area (Å²) in [6.45, 7) is 4.83. The van der Waals surface area contributed by atoms with Crippen LogP contribution in [0.15, 0.2) is 4.99 Å². The van der Waals surface area contributed by atoms with Gasteiger partial charge in [0, 0.05) is 25.8 Å². The van der Waals surface area contributed by atoms with Crippen LogP contribution >= 0.6 is 0 Å². The summed E-state index contributed by atoms with van der Waals surface area (Å²) in [6.07, 6.45) is 4.17. The van der Waals surface area contributed by atoms with Gasteiger partial charge in [0.15, 0.2) is 0 Å². The highest BCUT2D eigenvalue weighted by Crippen LogP contribution is 2.26. The first-order valence-electron chi connectivity index (χ1n) is 6.36. The Kier molecular flexibility index (Phi) is 3.99. The van der Waals surface area contributed by atoms with Gasteiger partial charge in [0.25, 0.3) is 0 Å². The Balaban J connectivity index is 1.81. The maximum atomic E-state index is 11.6. The van der Waals surface area contributed by atoms with Gasteiger partial charge in [0.2, 0.25) is 0 Å². The molecule has 0 radical (unpaired) electrons. The van der Waals surface area contributed by atoms with Crippen molar-refractivity contribution in [1.29, 1.82) is 0 Å². The van der Waals surface area contributed by atoms with E-state index in [1.165, 1.54) is 0 Å². The average Bonchev–Trinajstić information content (AvgIpc) is 2.76. The van der Waals surface area contributed by atoms with Gasteiger partial charge in [-0.1, -0.05) is 0 Å². The lowest BCUT2D eigenvalue weighted by molar-refractivity contribution is 0.0794. The monoisotopic (exact) mass is 239 g/mol. The maximum absolute atomic E-state index is 11.6. The predicted octanol–water partition coefficient (Wildman–Crippen LogP) is 1.20. The van der Waals surface area contributed by atoms with Gasteiger partial charge in [-0.15, -0.1) is 0 Å². The summed E-state index contributed by atoms with van der Waals surface area (Å²) in [6, 6.07) is 0. The van der Waals surface area contributed by atoms with E-state index in [0.717, 1.165) is 32.5 Å². The van der Waals surface area contributed by atoms with Crippen LogP contribution in [0.2, 0.25) is 0 Å². The molecular weight excluding hydrogens is 218 g/mol. The number of nitrogens with zero attached hydrogens (tertiary/aromatic N) is 3. The lowest BCUT2D eigenvalue weighted by atomic mass is 9.94. The van der Waals surface area contributed by atoms with Gasteiger partial charge in [-0.2, -0.15) is 0 Å². The quantitative estimate of drug-likeness (QED) is 0.727. The molecule has 0 saturated carbocycles. The number of aliphatic imine (C=N–C) groups is 1. The van der Waals surface area contributed by atoms with Crippen LogP contribution in [0.5, 0.6) is 0 Å². The van der Waals surface area contributed by atoms with Gasteiger partial charge in [-0.05, 0) is 32.7 Å². The molecule has 1 amide bonds. The van der Waals surface area contributed by atoms with Crippen molar-refractivity contribution < 1.29 is 9.53 Å². The van der Waals surface area contributed by atoms with Crippen molar-refractivity contribution >= 4 is 12.3 Å². The molecule has 0 aromatic rings. The summed E-state index contributed by atoms with van der Waals surface area (Å²) in [5.41, 5.74) is 0. The molecule has 1 saturated heterocycles. The van der Waals surface area contributed by atoms with Gasteiger partial charge < -0.3 is 9.64 Å². The number of amides is 1. The molecule has 0 aromatic heterocycles. The minimum atomic E-state index is -0.172. The largest absolute Gasteiger partial charge is 0.450 e. The molecule has 96 valence electrons. The van der Waals surface area contributed by atoms with Crippen molar-refractivity contribution in [3.8, 4) is 0 Å². The van der Waals surface area contributed by atoms with Crippen LogP contribution in [0, 0.1) is 5.92 Å². The second-order valence-electron chi connectivity index (χ2n) is 4.71. The molecule has 5 heteroatoms. The van der Waals surface area contributed by atoms with Crippen LogP contribution in [0.4, 0.5) is 4.79 Å². The highest BCUT2D eigenvalue weighted by molar-refractivity contribution is 5.67. The topological polar surface area (TPSA) is 45.1 Å². The molecule has 5 nitrogen and oxygen atoms in total. The normalized spacial score (nSPS) is 26.5. The standard InChI is InChI=1S/C12H21N3O2/c1-3-17-12(16)15-7-4-10(5-8-15)11-13-6-9-14(11)2/h6,10-11H,3-5,7-9H2,1-2H3. The summed E-state index contributed by atoms with van der Waals surface area (Å²) in [5, 5.41) is 0. The molecule has 0 aliphatic carbocycles. The molecule has 1 atom stereocenters. The Bertz CT molecular complexity index is 298. The second-order valence-corrected chi connectivity index (χ2v) is 4.71. The van der Waals surface area contributed by atoms with Gasteiger partial charge in [0.05, 0.1) is 6.61 Å². The highest BCUT2D eigenvalue weighted by Gasteiger charge is 2.31. The van der Waals surface area contributed by atoms with E-state index in [2.05, 4.69) is 16.9 Å². The van der Waals surface area contributed by atoms with Crippen molar-refractivity contribution in [1.82, 2.24) is 9.80 Å². The fourth-order valence-corrected chi connectivity index (χ4v) is 2.58. The number of hydrogen-bond donors (Lipinski definition) is 0. The summed E-state index contributed by atoms with van der Waals surface area (Å²) in [5.74, 6) is 0.574. The summed E-state index contributed by atoms with van der Waals surface area (Å²) < 4.78 is 5.01. The first kappa shape index (κ1) is 12.4. The van der Waals surface area contributed by atoms with Crippen molar-refractivity contribution in [2.75, 3.05) is 33.3 Å². The van der Waals surface area contributed by atoms with Crippen molar-refractivity contribution in [3.05, 3.63) is 0 Å². The van der Waals surface area contributed by atoms with Gasteiger partial charge in [-0.25, -0.2) is 4.79 Å². The molecule has 2 rings (SSSR count). The SMILES string of the molecule is CCOC(=O)N1CCC(C2N=CCN2C)CC1. The lowest BCUT2D eigenvalue weighted by Gasteiger charge is -2.35. The Morgan fingerprint density at radius 2 is 2.18 bits per heavy atom. The molecule has 1 unspecified atom stereocenters. The smallest absolute Gasteiger partial charge is 0.409 e. The van der Waals surface area contributed by atoms with Crippen LogP contribution < -0.4 is 0 Å². The van der Waals surface area contributed by atoms with Crippen molar-refractivity contribution in [2.24, 2.45) is 10.9 Å². The first-order valence-corrected chi connectivity index (χ1v) is 6.36. The van der Waals surface area contributed by atoms with E-state index >= 15 is 0 Å². The zero-order chi connectivity index (χ0) is 12.3. The van der Waals surface area contributed by atoms with Crippen LogP contribution in [0.1, 0.15) is 19.8 Å². The van der Waals surface area contributed by atoms with Gasteiger partial charge in [0.1, 0.15) is 6.17 Å². The van der Waals surface area contributed by atoms with E-state index in [-0.39, 0.29) is 6.09 Å². The zero-order valence-corrected chi connectivity index (χ0v) is 10.6. The molecule has 0 spiro atoms. The molecular formula is C12H21N3O2. The summed E-state index contributed by atoms with van der Waals surface area (Å²) in [7, 11) is 2.11. The molecule has 2 aliphatic heterocycles. The number of ether oxygens (including phenoxy) is 1. The number of rotatable bonds is 2. The number of carbonyl (C=O) groups is 1. The van der Waals surface area contributed by atoms with Crippen LogP contribution in [-0.2, 0) is 4.74 Å². The highest BCUT2D eigenvalue weighted by atomic mass is 16.6. The number of likely N-dealkylation sites (tertiary alicyclic amines) is 1. The first-order chi connectivity index (χ1) is 8.22. The van der Waals surface area contributed by atoms with E-state index in [9.17, 15) is 4.79 Å². The minimum Gasteiger partial charge on any atom is -0.450 e. The van der Waals surface area contributed by atoms with E-state index in [1.54, 1.807) is 4.90 Å². The van der Waals surface area contributed by atoms with E-state index in [1.807, 2.05) is 13.1 Å². The predicted molar refractivity (Wildman–Crippen MR) is 66.2 cm³/mol. The van der Waals surface area contributed by atoms with Crippen molar-refractivity contribution in [3.63, 3.8) is 0 Å². The Morgan fingerprint density at radius 3 is 2.71 bits per heavy atom. The third-order valence-electron chi connectivity index (χ3n) is 3.57. The average molecular weight is 239 g/mol. The van der Waals surface area contributed by atoms with E-state index in [0.29, 0.717) is 18.7 Å². The summed E-state index contributed by atoms with van der Waals surface area (Å²) in [4.78, 5) is 20.1. The van der Waals surface area contributed by atoms with Crippen molar-refractivity contribution in [2.45, 2.75) is 25.9 Å². The molecule has 0 bridgehead atoms. The Labute approximate surface area is 102 Å². The van der Waals surface area contributed by atoms with Gasteiger partial charge in [-0.3, -0.25) is 9.89 Å². The molecule has 0 N–H and O–H groups in total. The van der Waals surface area contributed by atoms with E-state index in [4.69, 9.17) is 4.74 Å². The number of piperidine rings is 1. The summed E-state index contributed by atoms with van der Waals surface area (Å²) >= 11 is 0. The maximum Gasteiger partial charge on any atom is 0.409 e. The molecule has 17 heavy (non-hydrogen) atoms. The third-order valence-corrected chi connectivity index (χ3v) is 3.57. The van der Waals surface area contributed by atoms with Gasteiger partial charge >= 0.3 is 6.09 Å². The van der Waals surface area contributed by atoms with Crippen LogP contribution in [-0.4, -0.2) is 61.6 Å². The fraction of sp³-hybridized carbons (Fsp3) is 0.833. The second kappa shape index (κ2) is 5.49. The van der Waals surface area contributed by atoms with Crippen LogP contribution in [0.25, 0.3) is 0 Å². The fourth-order valence-electron chi connectivity index (χ4n) is 2.58. The minimum absolute atomic E-state index is 0.172. The number of hydrogen-bond acceptors (Lipinski definition) is 4. The van der Waals surface area contributed by atoms with E-state index < -0.39 is 0 Å². The Hall–Kier alpha value is -1.10. The van der Waals surface area contributed by atoms with Crippen LogP contribution in [0.3, 0.4) is 0 Å². The molecule has 2 heterocycles. The Morgan fingerprint density at radius 1 is 1.47 bits per heavy atom. The molecule has 1 fully saturated rings. The zero-order valence-electron chi connectivity index (χ0n) is 10.6. The lowest BCUT2D eigenvalue weighted by Crippen LogP contribution is -2.43.